The Bertz CT molecular complexity index is 384. The Kier molecular flexibility index (Phi) is 4.94. The first-order chi connectivity index (χ1) is 9.13. The smallest absolute Gasteiger partial charge is 0.123 e. The molecule has 1 aromatic carbocycles. The first-order valence-electron chi connectivity index (χ1n) is 7.19. The van der Waals surface area contributed by atoms with E-state index in [1.807, 2.05) is 12.1 Å². The highest BCUT2D eigenvalue weighted by atomic mass is 19.1. The molecule has 0 aromatic heterocycles. The fourth-order valence-electron chi connectivity index (χ4n) is 2.60. The van der Waals surface area contributed by atoms with Crippen LogP contribution in [0.4, 0.5) is 4.39 Å². The van der Waals surface area contributed by atoms with Gasteiger partial charge in [0.2, 0.25) is 0 Å². The molecular weight excluding hydrogens is 241 g/mol. The van der Waals surface area contributed by atoms with E-state index in [2.05, 4.69) is 19.2 Å². The summed E-state index contributed by atoms with van der Waals surface area (Å²) in [4.78, 5) is 0. The molecule has 0 bridgehead atoms. The zero-order chi connectivity index (χ0) is 13.7. The van der Waals surface area contributed by atoms with Gasteiger partial charge in [0.25, 0.3) is 0 Å². The predicted molar refractivity (Wildman–Crippen MR) is 75.6 cm³/mol. The van der Waals surface area contributed by atoms with Gasteiger partial charge in [-0.15, -0.1) is 0 Å². The fourth-order valence-corrected chi connectivity index (χ4v) is 2.60. The number of benzene rings is 1. The van der Waals surface area contributed by atoms with Crippen LogP contribution < -0.4 is 5.32 Å². The molecule has 106 valence electrons. The van der Waals surface area contributed by atoms with Crippen molar-refractivity contribution in [2.75, 3.05) is 19.8 Å². The lowest BCUT2D eigenvalue weighted by Gasteiger charge is -2.35. The third-order valence-electron chi connectivity index (χ3n) is 4.16. The van der Waals surface area contributed by atoms with Crippen molar-refractivity contribution >= 4 is 0 Å². The molecule has 1 unspecified atom stereocenters. The summed E-state index contributed by atoms with van der Waals surface area (Å²) in [6, 6.07) is 7.14. The first kappa shape index (κ1) is 14.5. The third-order valence-corrected chi connectivity index (χ3v) is 4.16. The van der Waals surface area contributed by atoms with Crippen molar-refractivity contribution in [3.63, 3.8) is 0 Å². The van der Waals surface area contributed by atoms with Crippen LogP contribution in [0.15, 0.2) is 24.3 Å². The normalized spacial score (nSPS) is 20.2. The highest BCUT2D eigenvalue weighted by molar-refractivity contribution is 5.19. The summed E-state index contributed by atoms with van der Waals surface area (Å²) >= 11 is 0. The Morgan fingerprint density at radius 1 is 1.26 bits per heavy atom. The summed E-state index contributed by atoms with van der Waals surface area (Å²) in [6.45, 7) is 7.20. The van der Waals surface area contributed by atoms with Crippen molar-refractivity contribution in [3.05, 3.63) is 35.6 Å². The minimum Gasteiger partial charge on any atom is -0.381 e. The first-order valence-corrected chi connectivity index (χ1v) is 7.19. The summed E-state index contributed by atoms with van der Waals surface area (Å²) in [5.41, 5.74) is 1.49. The number of hydrogen-bond acceptors (Lipinski definition) is 2. The Morgan fingerprint density at radius 3 is 2.47 bits per heavy atom. The molecule has 0 amide bonds. The molecule has 19 heavy (non-hydrogen) atoms. The van der Waals surface area contributed by atoms with Gasteiger partial charge in [0.15, 0.2) is 0 Å². The third kappa shape index (κ3) is 4.02. The van der Waals surface area contributed by atoms with E-state index in [0.717, 1.165) is 39.0 Å². The summed E-state index contributed by atoms with van der Waals surface area (Å²) in [5, 5.41) is 3.64. The van der Waals surface area contributed by atoms with Gasteiger partial charge in [-0.2, -0.15) is 0 Å². The van der Waals surface area contributed by atoms with Crippen molar-refractivity contribution < 1.29 is 9.13 Å². The predicted octanol–water partition coefficient (Wildman–Crippen LogP) is 3.68. The van der Waals surface area contributed by atoms with Crippen LogP contribution in [0, 0.1) is 11.2 Å². The van der Waals surface area contributed by atoms with Crippen LogP contribution in [0.25, 0.3) is 0 Å². The highest BCUT2D eigenvalue weighted by Crippen LogP contribution is 2.30. The van der Waals surface area contributed by atoms with E-state index in [1.165, 1.54) is 17.7 Å². The van der Waals surface area contributed by atoms with Crippen molar-refractivity contribution in [2.24, 2.45) is 5.41 Å². The quantitative estimate of drug-likeness (QED) is 0.877. The van der Waals surface area contributed by atoms with Crippen molar-refractivity contribution in [1.29, 1.82) is 0 Å². The molecule has 1 heterocycles. The van der Waals surface area contributed by atoms with Crippen LogP contribution in [0.3, 0.4) is 0 Å². The standard InChI is InChI=1S/C16H24FNO/c1-3-15(13-4-6-14(17)7-5-13)18-12-16(2)8-10-19-11-9-16/h4-7,15,18H,3,8-12H2,1-2H3. The maximum Gasteiger partial charge on any atom is 0.123 e. The molecule has 1 aromatic rings. The van der Waals surface area contributed by atoms with Crippen LogP contribution in [0.5, 0.6) is 0 Å². The van der Waals surface area contributed by atoms with Crippen LogP contribution in [0.2, 0.25) is 0 Å². The van der Waals surface area contributed by atoms with Gasteiger partial charge < -0.3 is 10.1 Å². The average Bonchev–Trinajstić information content (AvgIpc) is 2.42. The second-order valence-electron chi connectivity index (χ2n) is 5.82. The largest absolute Gasteiger partial charge is 0.381 e. The van der Waals surface area contributed by atoms with Gasteiger partial charge >= 0.3 is 0 Å². The number of ether oxygens (including phenoxy) is 1. The molecule has 1 saturated heterocycles. The van der Waals surface area contributed by atoms with Crippen LogP contribution in [0.1, 0.15) is 44.7 Å². The zero-order valence-electron chi connectivity index (χ0n) is 11.9. The molecule has 1 aliphatic heterocycles. The van der Waals surface area contributed by atoms with Gasteiger partial charge in [0.05, 0.1) is 0 Å². The zero-order valence-corrected chi connectivity index (χ0v) is 11.9. The topological polar surface area (TPSA) is 21.3 Å². The summed E-state index contributed by atoms with van der Waals surface area (Å²) in [7, 11) is 0. The summed E-state index contributed by atoms with van der Waals surface area (Å²) in [6.07, 6.45) is 3.23. The van der Waals surface area contributed by atoms with Gasteiger partial charge in [0.1, 0.15) is 5.82 Å². The van der Waals surface area contributed by atoms with Gasteiger partial charge in [-0.3, -0.25) is 0 Å². The highest BCUT2D eigenvalue weighted by Gasteiger charge is 2.27. The molecule has 2 rings (SSSR count). The maximum atomic E-state index is 13.0. The molecule has 1 aliphatic rings. The molecule has 1 N–H and O–H groups in total. The van der Waals surface area contributed by atoms with Crippen molar-refractivity contribution in [2.45, 2.75) is 39.2 Å². The van der Waals surface area contributed by atoms with Gasteiger partial charge in [0, 0.05) is 25.8 Å². The van der Waals surface area contributed by atoms with E-state index >= 15 is 0 Å². The lowest BCUT2D eigenvalue weighted by atomic mass is 9.82. The lowest BCUT2D eigenvalue weighted by Crippen LogP contribution is -2.38. The fraction of sp³-hybridized carbons (Fsp3) is 0.625. The minimum atomic E-state index is -0.171. The van der Waals surface area contributed by atoms with E-state index in [-0.39, 0.29) is 5.82 Å². The van der Waals surface area contributed by atoms with Crippen LogP contribution in [-0.4, -0.2) is 19.8 Å². The lowest BCUT2D eigenvalue weighted by molar-refractivity contribution is 0.0228. The molecule has 1 atom stereocenters. The molecule has 2 nitrogen and oxygen atoms in total. The van der Waals surface area contributed by atoms with Crippen molar-refractivity contribution in [1.82, 2.24) is 5.32 Å². The number of halogens is 1. The number of nitrogens with one attached hydrogen (secondary N) is 1. The summed E-state index contributed by atoms with van der Waals surface area (Å²) in [5.74, 6) is -0.171. The molecule has 1 fully saturated rings. The molecule has 0 saturated carbocycles. The average molecular weight is 265 g/mol. The van der Waals surface area contributed by atoms with E-state index in [0.29, 0.717) is 11.5 Å². The Labute approximate surface area is 115 Å². The van der Waals surface area contributed by atoms with E-state index < -0.39 is 0 Å². The van der Waals surface area contributed by atoms with Gasteiger partial charge in [-0.1, -0.05) is 26.0 Å². The van der Waals surface area contributed by atoms with Gasteiger partial charge in [-0.25, -0.2) is 4.39 Å². The van der Waals surface area contributed by atoms with Crippen LogP contribution in [-0.2, 0) is 4.74 Å². The minimum absolute atomic E-state index is 0.171. The summed E-state index contributed by atoms with van der Waals surface area (Å²) < 4.78 is 18.4. The number of hydrogen-bond donors (Lipinski definition) is 1. The Balaban J connectivity index is 1.93. The maximum absolute atomic E-state index is 13.0. The molecule has 0 spiro atoms. The van der Waals surface area contributed by atoms with Gasteiger partial charge in [-0.05, 0) is 42.4 Å². The second kappa shape index (κ2) is 6.49. The SMILES string of the molecule is CCC(NCC1(C)CCOCC1)c1ccc(F)cc1. The molecule has 3 heteroatoms. The van der Waals surface area contributed by atoms with Crippen molar-refractivity contribution in [3.8, 4) is 0 Å². The van der Waals surface area contributed by atoms with E-state index in [9.17, 15) is 4.39 Å². The van der Waals surface area contributed by atoms with Crippen LogP contribution >= 0.6 is 0 Å². The second-order valence-corrected chi connectivity index (χ2v) is 5.82. The van der Waals surface area contributed by atoms with E-state index in [1.54, 1.807) is 0 Å². The Hall–Kier alpha value is -0.930. The molecule has 0 radical (unpaired) electrons. The molecule has 0 aliphatic carbocycles. The molecular formula is C16H24FNO. The Morgan fingerprint density at radius 2 is 1.89 bits per heavy atom. The van der Waals surface area contributed by atoms with E-state index in [4.69, 9.17) is 4.74 Å². The number of rotatable bonds is 5. The monoisotopic (exact) mass is 265 g/mol.